The van der Waals surface area contributed by atoms with Gasteiger partial charge in [-0.25, -0.2) is 0 Å². The fourth-order valence-corrected chi connectivity index (χ4v) is 1.61. The van der Waals surface area contributed by atoms with Crippen LogP contribution in [0.3, 0.4) is 0 Å². The summed E-state index contributed by atoms with van der Waals surface area (Å²) in [4.78, 5) is 22.6. The summed E-state index contributed by atoms with van der Waals surface area (Å²) in [6.07, 6.45) is 1.42. The van der Waals surface area contributed by atoms with Crippen LogP contribution in [0.5, 0.6) is 0 Å². The van der Waals surface area contributed by atoms with Gasteiger partial charge in [0.05, 0.1) is 11.6 Å². The van der Waals surface area contributed by atoms with Crippen molar-refractivity contribution in [1.29, 1.82) is 0 Å². The van der Waals surface area contributed by atoms with Crippen LogP contribution in [0.1, 0.15) is 18.1 Å². The van der Waals surface area contributed by atoms with Crippen LogP contribution >= 0.6 is 0 Å². The Kier molecular flexibility index (Phi) is 2.95. The molecule has 1 aromatic carbocycles. The number of carbonyl (C=O) groups excluding carboxylic acids is 1. The first-order chi connectivity index (χ1) is 8.09. The molecule has 0 unspecified atom stereocenters. The molecule has 0 saturated carbocycles. The van der Waals surface area contributed by atoms with Crippen molar-refractivity contribution in [2.45, 2.75) is 20.5 Å². The van der Waals surface area contributed by atoms with Crippen molar-refractivity contribution in [3.63, 3.8) is 0 Å². The molecular weight excluding hydrogens is 220 g/mol. The van der Waals surface area contributed by atoms with Gasteiger partial charge in [-0.15, -0.1) is 0 Å². The van der Waals surface area contributed by atoms with E-state index in [-0.39, 0.29) is 18.0 Å². The minimum atomic E-state index is -0.364. The van der Waals surface area contributed by atoms with E-state index >= 15 is 0 Å². The molecule has 0 amide bonds. The quantitative estimate of drug-likeness (QED) is 0.744. The molecule has 88 valence electrons. The number of esters is 1. The van der Waals surface area contributed by atoms with E-state index in [9.17, 15) is 9.59 Å². The van der Waals surface area contributed by atoms with E-state index in [1.165, 1.54) is 13.2 Å². The number of hydrogen-bond acceptors (Lipinski definition) is 4. The van der Waals surface area contributed by atoms with Crippen LogP contribution in [-0.4, -0.2) is 5.97 Å². The van der Waals surface area contributed by atoms with E-state index in [4.69, 9.17) is 9.15 Å². The molecule has 0 radical (unpaired) electrons. The molecule has 2 aromatic rings. The second-order valence-electron chi connectivity index (χ2n) is 3.82. The number of fused-ring (bicyclic) bond motifs is 1. The second kappa shape index (κ2) is 4.41. The van der Waals surface area contributed by atoms with Crippen molar-refractivity contribution in [1.82, 2.24) is 0 Å². The highest BCUT2D eigenvalue weighted by atomic mass is 16.5. The van der Waals surface area contributed by atoms with Gasteiger partial charge in [0, 0.05) is 18.1 Å². The summed E-state index contributed by atoms with van der Waals surface area (Å²) in [6, 6.07) is 5.21. The smallest absolute Gasteiger partial charge is 0.302 e. The maximum atomic E-state index is 11.9. The van der Waals surface area contributed by atoms with Crippen LogP contribution in [-0.2, 0) is 16.1 Å². The lowest BCUT2D eigenvalue weighted by Crippen LogP contribution is -2.06. The Balaban J connectivity index is 2.55. The lowest BCUT2D eigenvalue weighted by molar-refractivity contribution is -0.142. The Morgan fingerprint density at radius 1 is 1.41 bits per heavy atom. The topological polar surface area (TPSA) is 56.5 Å². The Morgan fingerprint density at radius 2 is 2.18 bits per heavy atom. The number of aryl methyl sites for hydroxylation is 1. The van der Waals surface area contributed by atoms with Crippen LogP contribution in [0.2, 0.25) is 0 Å². The predicted octanol–water partition coefficient (Wildman–Crippen LogP) is 2.16. The maximum Gasteiger partial charge on any atom is 0.302 e. The van der Waals surface area contributed by atoms with E-state index in [0.29, 0.717) is 22.1 Å². The van der Waals surface area contributed by atoms with Gasteiger partial charge in [0.2, 0.25) is 0 Å². The first-order valence-electron chi connectivity index (χ1n) is 5.23. The van der Waals surface area contributed by atoms with E-state index in [2.05, 4.69) is 0 Å². The third kappa shape index (κ3) is 2.20. The van der Waals surface area contributed by atoms with Crippen LogP contribution in [0.25, 0.3) is 11.0 Å². The average Bonchev–Trinajstić information content (AvgIpc) is 2.31. The van der Waals surface area contributed by atoms with Gasteiger partial charge >= 0.3 is 5.97 Å². The summed E-state index contributed by atoms with van der Waals surface area (Å²) in [7, 11) is 0. The molecule has 0 bridgehead atoms. The highest BCUT2D eigenvalue weighted by Crippen LogP contribution is 2.17. The second-order valence-corrected chi connectivity index (χ2v) is 3.82. The summed E-state index contributed by atoms with van der Waals surface area (Å²) in [6.45, 7) is 3.15. The first kappa shape index (κ1) is 11.4. The molecule has 4 heteroatoms. The average molecular weight is 232 g/mol. The largest absolute Gasteiger partial charge is 0.463 e. The minimum absolute atomic E-state index is 0.0593. The molecule has 2 rings (SSSR count). The van der Waals surface area contributed by atoms with Crippen molar-refractivity contribution in [2.24, 2.45) is 0 Å². The molecule has 0 aliphatic carbocycles. The summed E-state index contributed by atoms with van der Waals surface area (Å²) in [5.41, 5.74) is 1.66. The van der Waals surface area contributed by atoms with Gasteiger partial charge in [-0.05, 0) is 13.0 Å². The van der Waals surface area contributed by atoms with E-state index < -0.39 is 0 Å². The SMILES string of the molecule is CC(=O)OCc1cccc2c(=O)c(C)coc12. The summed E-state index contributed by atoms with van der Waals surface area (Å²) in [5, 5.41) is 0.509. The fourth-order valence-electron chi connectivity index (χ4n) is 1.61. The fraction of sp³-hybridized carbons (Fsp3) is 0.231. The van der Waals surface area contributed by atoms with Gasteiger partial charge in [0.25, 0.3) is 0 Å². The zero-order chi connectivity index (χ0) is 12.4. The van der Waals surface area contributed by atoms with Gasteiger partial charge in [-0.1, -0.05) is 12.1 Å². The lowest BCUT2D eigenvalue weighted by atomic mass is 10.1. The highest BCUT2D eigenvalue weighted by Gasteiger charge is 2.08. The number of carbonyl (C=O) groups is 1. The van der Waals surface area contributed by atoms with Crippen LogP contribution in [0.4, 0.5) is 0 Å². The minimum Gasteiger partial charge on any atom is -0.463 e. The molecule has 17 heavy (non-hydrogen) atoms. The number of rotatable bonds is 2. The molecule has 4 nitrogen and oxygen atoms in total. The summed E-state index contributed by atoms with van der Waals surface area (Å²) < 4.78 is 10.3. The Labute approximate surface area is 97.8 Å². The summed E-state index contributed by atoms with van der Waals surface area (Å²) >= 11 is 0. The molecule has 0 fully saturated rings. The Morgan fingerprint density at radius 3 is 2.88 bits per heavy atom. The number of para-hydroxylation sites is 1. The van der Waals surface area contributed by atoms with Crippen molar-refractivity contribution >= 4 is 16.9 Å². The molecular formula is C13H12O4. The molecule has 1 aromatic heterocycles. The molecule has 0 aliphatic rings. The molecule has 1 heterocycles. The standard InChI is InChI=1S/C13H12O4/c1-8-6-17-13-10(7-16-9(2)14)4-3-5-11(13)12(8)15/h3-6H,7H2,1-2H3. The van der Waals surface area contributed by atoms with Gasteiger partial charge < -0.3 is 9.15 Å². The lowest BCUT2D eigenvalue weighted by Gasteiger charge is -2.05. The van der Waals surface area contributed by atoms with Gasteiger partial charge in [-0.3, -0.25) is 9.59 Å². The number of hydrogen-bond donors (Lipinski definition) is 0. The van der Waals surface area contributed by atoms with Gasteiger partial charge in [-0.2, -0.15) is 0 Å². The summed E-state index contributed by atoms with van der Waals surface area (Å²) in [5.74, 6) is -0.364. The van der Waals surface area contributed by atoms with E-state index in [0.717, 1.165) is 0 Å². The normalized spacial score (nSPS) is 10.5. The third-order valence-corrected chi connectivity index (χ3v) is 2.48. The van der Waals surface area contributed by atoms with E-state index in [1.807, 2.05) is 0 Å². The number of benzene rings is 1. The zero-order valence-corrected chi connectivity index (χ0v) is 9.65. The Hall–Kier alpha value is -2.10. The molecule has 0 aliphatic heterocycles. The molecule has 0 spiro atoms. The number of ether oxygens (including phenoxy) is 1. The van der Waals surface area contributed by atoms with Crippen molar-refractivity contribution < 1.29 is 13.9 Å². The van der Waals surface area contributed by atoms with E-state index in [1.54, 1.807) is 25.1 Å². The monoisotopic (exact) mass is 232 g/mol. The Bertz CT molecular complexity index is 625. The first-order valence-corrected chi connectivity index (χ1v) is 5.23. The highest BCUT2D eigenvalue weighted by molar-refractivity contribution is 5.80. The van der Waals surface area contributed by atoms with Gasteiger partial charge in [0.15, 0.2) is 5.43 Å². The van der Waals surface area contributed by atoms with Crippen molar-refractivity contribution in [2.75, 3.05) is 0 Å². The van der Waals surface area contributed by atoms with Crippen molar-refractivity contribution in [3.05, 3.63) is 45.8 Å². The van der Waals surface area contributed by atoms with Crippen molar-refractivity contribution in [3.8, 4) is 0 Å². The van der Waals surface area contributed by atoms with Crippen LogP contribution in [0, 0.1) is 6.92 Å². The predicted molar refractivity (Wildman–Crippen MR) is 62.7 cm³/mol. The zero-order valence-electron chi connectivity index (χ0n) is 9.65. The molecule has 0 saturated heterocycles. The van der Waals surface area contributed by atoms with Gasteiger partial charge in [0.1, 0.15) is 12.2 Å². The van der Waals surface area contributed by atoms with Crippen LogP contribution < -0.4 is 5.43 Å². The van der Waals surface area contributed by atoms with Crippen LogP contribution in [0.15, 0.2) is 33.7 Å². The molecule has 0 atom stereocenters. The third-order valence-electron chi connectivity index (χ3n) is 2.48. The maximum absolute atomic E-state index is 11.9. The molecule has 0 N–H and O–H groups in total.